The minimum atomic E-state index is -0.605. The molecule has 0 saturated carbocycles. The lowest BCUT2D eigenvalue weighted by molar-refractivity contribution is 0.0222. The number of pyridine rings is 2. The van der Waals surface area contributed by atoms with E-state index in [4.69, 9.17) is 9.47 Å². The van der Waals surface area contributed by atoms with Crippen molar-refractivity contribution < 1.29 is 18.7 Å². The Morgan fingerprint density at radius 2 is 2.04 bits per heavy atom. The zero-order valence-electron chi connectivity index (χ0n) is 16.1. The number of ether oxygens (including phenoxy) is 2. The van der Waals surface area contributed by atoms with Crippen molar-refractivity contribution in [2.24, 2.45) is 0 Å². The molecule has 1 amide bonds. The Hall–Kier alpha value is -2.42. The number of rotatable bonds is 2. The number of fused-ring (bicyclic) bond motifs is 1. The molecule has 2 aromatic heterocycles. The smallest absolute Gasteiger partial charge is 0.410 e. The first kappa shape index (κ1) is 20.3. The van der Waals surface area contributed by atoms with Crippen LogP contribution < -0.4 is 10.3 Å². The van der Waals surface area contributed by atoms with Gasteiger partial charge in [-0.3, -0.25) is 9.36 Å². The number of hydrogen-bond acceptors (Lipinski definition) is 5. The second kappa shape index (κ2) is 7.54. The molecule has 28 heavy (non-hydrogen) atoms. The van der Waals surface area contributed by atoms with Gasteiger partial charge in [0.2, 0.25) is 5.88 Å². The summed E-state index contributed by atoms with van der Waals surface area (Å²) in [6, 6.07) is 4.27. The summed E-state index contributed by atoms with van der Waals surface area (Å²) < 4.78 is 26.2. The van der Waals surface area contributed by atoms with Gasteiger partial charge < -0.3 is 14.4 Å². The summed E-state index contributed by atoms with van der Waals surface area (Å²) in [5.41, 5.74) is 0.766. The molecular weight excluding hydrogens is 433 g/mol. The summed E-state index contributed by atoms with van der Waals surface area (Å²) in [6.45, 7) is 6.09. The minimum absolute atomic E-state index is 0.00190. The lowest BCUT2D eigenvalue weighted by atomic mass is 10.0. The normalized spacial score (nSPS) is 13.9. The van der Waals surface area contributed by atoms with Crippen molar-refractivity contribution in [2.75, 3.05) is 13.7 Å². The van der Waals surface area contributed by atoms with Crippen LogP contribution in [-0.2, 0) is 17.7 Å². The quantitative estimate of drug-likeness (QED) is 0.651. The van der Waals surface area contributed by atoms with Gasteiger partial charge in [0.1, 0.15) is 15.9 Å². The third-order valence-corrected chi connectivity index (χ3v) is 4.79. The number of carbonyl (C=O) groups is 1. The van der Waals surface area contributed by atoms with Gasteiger partial charge >= 0.3 is 6.09 Å². The molecule has 0 atom stereocenters. The Labute approximate surface area is 170 Å². The predicted molar refractivity (Wildman–Crippen MR) is 104 cm³/mol. The van der Waals surface area contributed by atoms with Gasteiger partial charge in [0, 0.05) is 30.8 Å². The standard InChI is InChI=1S/C19H21BrFN3O4/c1-19(2,3)28-18(26)23-8-7-13-11(10-23)5-6-15(25)24(13)14-9-12(21)16(20)22-17(14)27-4/h5-6,9H,7-8,10H2,1-4H3. The highest BCUT2D eigenvalue weighted by Crippen LogP contribution is 2.28. The van der Waals surface area contributed by atoms with Gasteiger partial charge in [0.05, 0.1) is 13.7 Å². The number of amides is 1. The lowest BCUT2D eigenvalue weighted by Gasteiger charge is -2.32. The van der Waals surface area contributed by atoms with Crippen molar-refractivity contribution >= 4 is 22.0 Å². The van der Waals surface area contributed by atoms with Gasteiger partial charge in [-0.15, -0.1) is 0 Å². The van der Waals surface area contributed by atoms with E-state index in [9.17, 15) is 14.0 Å². The average Bonchev–Trinajstić information content (AvgIpc) is 2.62. The van der Waals surface area contributed by atoms with Crippen LogP contribution in [0.3, 0.4) is 0 Å². The van der Waals surface area contributed by atoms with E-state index in [0.717, 1.165) is 5.56 Å². The zero-order chi connectivity index (χ0) is 20.6. The van der Waals surface area contributed by atoms with Crippen LogP contribution in [0.2, 0.25) is 0 Å². The molecule has 1 aliphatic heterocycles. The molecule has 3 rings (SSSR count). The van der Waals surface area contributed by atoms with Crippen molar-refractivity contribution in [1.29, 1.82) is 0 Å². The van der Waals surface area contributed by atoms with E-state index in [1.54, 1.807) is 11.0 Å². The number of carbonyl (C=O) groups excluding carboxylic acids is 1. The van der Waals surface area contributed by atoms with Crippen LogP contribution in [0.25, 0.3) is 5.69 Å². The number of halogens is 2. The summed E-state index contributed by atoms with van der Waals surface area (Å²) in [4.78, 5) is 30.6. The van der Waals surface area contributed by atoms with Crippen molar-refractivity contribution in [3.63, 3.8) is 0 Å². The molecule has 0 aliphatic carbocycles. The molecule has 0 N–H and O–H groups in total. The van der Waals surface area contributed by atoms with Crippen LogP contribution in [0, 0.1) is 5.82 Å². The maximum absolute atomic E-state index is 14.1. The SMILES string of the molecule is COc1nc(Br)c(F)cc1-n1c2c(ccc1=O)CN(C(=O)OC(C)(C)C)CC2. The third kappa shape index (κ3) is 4.04. The van der Waals surface area contributed by atoms with Crippen molar-refractivity contribution in [3.05, 3.63) is 50.2 Å². The molecule has 1 aliphatic rings. The van der Waals surface area contributed by atoms with Crippen molar-refractivity contribution in [2.45, 2.75) is 39.3 Å². The van der Waals surface area contributed by atoms with E-state index in [1.165, 1.54) is 23.8 Å². The molecule has 0 aromatic carbocycles. The van der Waals surface area contributed by atoms with Crippen molar-refractivity contribution in [1.82, 2.24) is 14.5 Å². The molecule has 3 heterocycles. The molecular formula is C19H21BrFN3O4. The van der Waals surface area contributed by atoms with Gasteiger partial charge in [-0.1, -0.05) is 0 Å². The molecule has 0 bridgehead atoms. The maximum Gasteiger partial charge on any atom is 0.410 e. The molecule has 2 aromatic rings. The summed E-state index contributed by atoms with van der Waals surface area (Å²) >= 11 is 3.02. The number of nitrogens with zero attached hydrogens (tertiary/aromatic N) is 3. The van der Waals surface area contributed by atoms with E-state index in [0.29, 0.717) is 25.2 Å². The van der Waals surface area contributed by atoms with E-state index in [1.807, 2.05) is 20.8 Å². The summed E-state index contributed by atoms with van der Waals surface area (Å²) in [7, 11) is 1.40. The largest absolute Gasteiger partial charge is 0.479 e. The van der Waals surface area contributed by atoms with E-state index >= 15 is 0 Å². The number of hydrogen-bond donors (Lipinski definition) is 0. The first-order chi connectivity index (χ1) is 13.1. The summed E-state index contributed by atoms with van der Waals surface area (Å²) in [5, 5.41) is 0. The van der Waals surface area contributed by atoms with E-state index < -0.39 is 17.5 Å². The van der Waals surface area contributed by atoms with Gasteiger partial charge in [-0.2, -0.15) is 0 Å². The third-order valence-electron chi connectivity index (χ3n) is 4.23. The van der Waals surface area contributed by atoms with Gasteiger partial charge in [-0.05, 0) is 48.3 Å². The molecule has 7 nitrogen and oxygen atoms in total. The Kier molecular flexibility index (Phi) is 5.47. The molecule has 150 valence electrons. The van der Waals surface area contributed by atoms with Crippen LogP contribution >= 0.6 is 15.9 Å². The monoisotopic (exact) mass is 453 g/mol. The number of aromatic nitrogens is 2. The fourth-order valence-corrected chi connectivity index (χ4v) is 3.33. The van der Waals surface area contributed by atoms with Gasteiger partial charge in [0.25, 0.3) is 5.56 Å². The van der Waals surface area contributed by atoms with E-state index in [-0.39, 0.29) is 21.7 Å². The minimum Gasteiger partial charge on any atom is -0.479 e. The predicted octanol–water partition coefficient (Wildman–Crippen LogP) is 3.44. The van der Waals surface area contributed by atoms with Crippen molar-refractivity contribution in [3.8, 4) is 11.6 Å². The average molecular weight is 454 g/mol. The fourth-order valence-electron chi connectivity index (χ4n) is 3.06. The second-order valence-corrected chi connectivity index (χ2v) is 8.17. The molecule has 0 unspecified atom stereocenters. The van der Waals surface area contributed by atoms with Crippen LogP contribution in [-0.4, -0.2) is 39.8 Å². The Morgan fingerprint density at radius 1 is 1.32 bits per heavy atom. The Morgan fingerprint density at radius 3 is 2.68 bits per heavy atom. The topological polar surface area (TPSA) is 73.7 Å². The Bertz CT molecular complexity index is 984. The Balaban J connectivity index is 2.03. The first-order valence-corrected chi connectivity index (χ1v) is 9.52. The highest BCUT2D eigenvalue weighted by atomic mass is 79.9. The summed E-state index contributed by atoms with van der Waals surface area (Å²) in [5.74, 6) is -0.482. The highest BCUT2D eigenvalue weighted by Gasteiger charge is 2.28. The van der Waals surface area contributed by atoms with Crippen LogP contribution in [0.15, 0.2) is 27.6 Å². The molecule has 0 radical (unpaired) electrons. The lowest BCUT2D eigenvalue weighted by Crippen LogP contribution is -2.41. The number of methoxy groups -OCH3 is 1. The second-order valence-electron chi connectivity index (χ2n) is 7.42. The van der Waals surface area contributed by atoms with Crippen LogP contribution in [0.4, 0.5) is 9.18 Å². The molecule has 0 fully saturated rings. The molecule has 0 saturated heterocycles. The molecule has 9 heteroatoms. The first-order valence-electron chi connectivity index (χ1n) is 8.73. The van der Waals surface area contributed by atoms with Gasteiger partial charge in [0.15, 0.2) is 5.82 Å². The summed E-state index contributed by atoms with van der Waals surface area (Å²) in [6.07, 6.45) is -0.00396. The van der Waals surface area contributed by atoms with E-state index in [2.05, 4.69) is 20.9 Å². The molecule has 0 spiro atoms. The van der Waals surface area contributed by atoms with Gasteiger partial charge in [-0.25, -0.2) is 14.2 Å². The van der Waals surface area contributed by atoms with Crippen LogP contribution in [0.1, 0.15) is 32.0 Å². The fraction of sp³-hybridized carbons (Fsp3) is 0.421. The zero-order valence-corrected chi connectivity index (χ0v) is 17.7. The maximum atomic E-state index is 14.1. The van der Waals surface area contributed by atoms with Crippen LogP contribution in [0.5, 0.6) is 5.88 Å². The highest BCUT2D eigenvalue weighted by molar-refractivity contribution is 9.10.